The molecular weight excluding hydrogens is 232 g/mol. The fraction of sp³-hybridized carbons (Fsp3) is 0.111. The largest absolute Gasteiger partial charge is 0.476 e. The Bertz CT molecular complexity index is 535. The second-order valence-corrected chi connectivity index (χ2v) is 3.51. The third kappa shape index (κ3) is 1.74. The summed E-state index contributed by atoms with van der Waals surface area (Å²) in [5, 5.41) is 16.6. The van der Waals surface area contributed by atoms with E-state index in [1.165, 1.54) is 10.9 Å². The lowest BCUT2D eigenvalue weighted by Gasteiger charge is -2.01. The lowest BCUT2D eigenvalue weighted by Crippen LogP contribution is -2.03. The smallest absolute Gasteiger partial charge is 0.358 e. The quantitative estimate of drug-likeness (QED) is 0.853. The van der Waals surface area contributed by atoms with Crippen LogP contribution in [0.15, 0.2) is 18.3 Å². The Labute approximate surface area is 95.5 Å². The normalized spacial score (nSPS) is 10.4. The first-order valence-corrected chi connectivity index (χ1v) is 4.75. The van der Waals surface area contributed by atoms with Crippen molar-refractivity contribution >= 4 is 17.6 Å². The van der Waals surface area contributed by atoms with Gasteiger partial charge < -0.3 is 5.11 Å². The van der Waals surface area contributed by atoms with Gasteiger partial charge in [0.2, 0.25) is 0 Å². The molecular formula is C9H7ClN4O2. The second kappa shape index (κ2) is 3.90. The summed E-state index contributed by atoms with van der Waals surface area (Å²) in [4.78, 5) is 14.8. The van der Waals surface area contributed by atoms with Gasteiger partial charge in [0.15, 0.2) is 11.5 Å². The Balaban J connectivity index is 2.49. The first kappa shape index (κ1) is 10.6. The van der Waals surface area contributed by atoms with Crippen LogP contribution in [0, 0.1) is 6.92 Å². The summed E-state index contributed by atoms with van der Waals surface area (Å²) in [5.74, 6) is -0.639. The molecule has 1 N–H and O–H groups in total. The minimum atomic E-state index is -1.11. The standard InChI is InChI=1S/C9H7ClN4O2/c1-5-8(9(15)16)12-13-14(5)7-3-2-6(10)4-11-7/h2-4H,1H3,(H,15,16). The van der Waals surface area contributed by atoms with Gasteiger partial charge in [0.1, 0.15) is 0 Å². The Kier molecular flexibility index (Phi) is 2.57. The van der Waals surface area contributed by atoms with Crippen LogP contribution in [0.4, 0.5) is 0 Å². The molecule has 2 aromatic rings. The van der Waals surface area contributed by atoms with E-state index in [4.69, 9.17) is 16.7 Å². The van der Waals surface area contributed by atoms with Crippen molar-refractivity contribution < 1.29 is 9.90 Å². The van der Waals surface area contributed by atoms with Crippen molar-refractivity contribution in [1.82, 2.24) is 20.0 Å². The van der Waals surface area contributed by atoms with Crippen molar-refractivity contribution in [3.63, 3.8) is 0 Å². The van der Waals surface area contributed by atoms with Crippen LogP contribution in [0.1, 0.15) is 16.2 Å². The number of hydrogen-bond donors (Lipinski definition) is 1. The lowest BCUT2D eigenvalue weighted by molar-refractivity contribution is 0.0689. The molecule has 0 saturated heterocycles. The number of halogens is 1. The molecule has 0 unspecified atom stereocenters. The Morgan fingerprint density at radius 1 is 1.50 bits per heavy atom. The number of nitrogens with zero attached hydrogens (tertiary/aromatic N) is 4. The molecule has 16 heavy (non-hydrogen) atoms. The minimum Gasteiger partial charge on any atom is -0.476 e. The van der Waals surface area contributed by atoms with Gasteiger partial charge in [0, 0.05) is 6.20 Å². The topological polar surface area (TPSA) is 80.9 Å². The van der Waals surface area contributed by atoms with Gasteiger partial charge in [0.05, 0.1) is 10.7 Å². The third-order valence-corrected chi connectivity index (χ3v) is 2.25. The summed E-state index contributed by atoms with van der Waals surface area (Å²) < 4.78 is 1.35. The molecule has 0 aliphatic rings. The summed E-state index contributed by atoms with van der Waals surface area (Å²) in [7, 11) is 0. The highest BCUT2D eigenvalue weighted by atomic mass is 35.5. The van der Waals surface area contributed by atoms with Crippen molar-refractivity contribution in [2.45, 2.75) is 6.92 Å². The van der Waals surface area contributed by atoms with E-state index in [-0.39, 0.29) is 5.69 Å². The number of aromatic nitrogens is 4. The van der Waals surface area contributed by atoms with Crippen LogP contribution in [0.5, 0.6) is 0 Å². The average molecular weight is 239 g/mol. The molecule has 82 valence electrons. The maximum Gasteiger partial charge on any atom is 0.358 e. The van der Waals surface area contributed by atoms with Crippen molar-refractivity contribution in [3.05, 3.63) is 34.7 Å². The minimum absolute atomic E-state index is 0.0863. The van der Waals surface area contributed by atoms with Crippen LogP contribution in [-0.2, 0) is 0 Å². The number of pyridine rings is 1. The number of rotatable bonds is 2. The van der Waals surface area contributed by atoms with Gasteiger partial charge in [-0.1, -0.05) is 16.8 Å². The van der Waals surface area contributed by atoms with E-state index in [2.05, 4.69) is 15.3 Å². The van der Waals surface area contributed by atoms with Crippen molar-refractivity contribution in [1.29, 1.82) is 0 Å². The van der Waals surface area contributed by atoms with Crippen molar-refractivity contribution in [2.75, 3.05) is 0 Å². The second-order valence-electron chi connectivity index (χ2n) is 3.08. The predicted molar refractivity (Wildman–Crippen MR) is 55.9 cm³/mol. The Morgan fingerprint density at radius 3 is 2.75 bits per heavy atom. The van der Waals surface area contributed by atoms with Crippen molar-refractivity contribution in [3.8, 4) is 5.82 Å². The van der Waals surface area contributed by atoms with Crippen LogP contribution < -0.4 is 0 Å². The van der Waals surface area contributed by atoms with E-state index in [1.807, 2.05) is 0 Å². The molecule has 0 atom stereocenters. The Morgan fingerprint density at radius 2 is 2.25 bits per heavy atom. The molecule has 2 aromatic heterocycles. The molecule has 0 fully saturated rings. The number of carbonyl (C=O) groups is 1. The maximum absolute atomic E-state index is 10.8. The monoisotopic (exact) mass is 238 g/mol. The number of hydrogen-bond acceptors (Lipinski definition) is 4. The summed E-state index contributed by atoms with van der Waals surface area (Å²) in [6.45, 7) is 1.61. The summed E-state index contributed by atoms with van der Waals surface area (Å²) >= 11 is 5.69. The van der Waals surface area contributed by atoms with E-state index < -0.39 is 5.97 Å². The SMILES string of the molecule is Cc1c(C(=O)O)nnn1-c1ccc(Cl)cn1. The Hall–Kier alpha value is -1.95. The highest BCUT2D eigenvalue weighted by Crippen LogP contribution is 2.12. The zero-order valence-electron chi connectivity index (χ0n) is 8.25. The van der Waals surface area contributed by atoms with Crippen LogP contribution in [0.2, 0.25) is 5.02 Å². The molecule has 2 rings (SSSR count). The van der Waals surface area contributed by atoms with Crippen LogP contribution >= 0.6 is 11.6 Å². The molecule has 0 amide bonds. The number of aromatic carboxylic acids is 1. The van der Waals surface area contributed by atoms with Gasteiger partial charge in [-0.15, -0.1) is 5.10 Å². The zero-order valence-corrected chi connectivity index (χ0v) is 9.01. The first-order chi connectivity index (χ1) is 7.59. The van der Waals surface area contributed by atoms with Gasteiger partial charge in [-0.2, -0.15) is 4.68 Å². The van der Waals surface area contributed by atoms with Gasteiger partial charge >= 0.3 is 5.97 Å². The summed E-state index contributed by atoms with van der Waals surface area (Å²) in [6.07, 6.45) is 1.46. The molecule has 0 radical (unpaired) electrons. The van der Waals surface area contributed by atoms with E-state index >= 15 is 0 Å². The molecule has 0 spiro atoms. The van der Waals surface area contributed by atoms with E-state index in [0.717, 1.165) is 0 Å². The van der Waals surface area contributed by atoms with Crippen LogP contribution in [-0.4, -0.2) is 31.1 Å². The fourth-order valence-electron chi connectivity index (χ4n) is 1.24. The number of carboxylic acids is 1. The highest BCUT2D eigenvalue weighted by Gasteiger charge is 2.16. The zero-order chi connectivity index (χ0) is 11.7. The van der Waals surface area contributed by atoms with Gasteiger partial charge in [0.25, 0.3) is 0 Å². The number of carboxylic acid groups (broad SMARTS) is 1. The molecule has 0 aliphatic carbocycles. The van der Waals surface area contributed by atoms with Crippen molar-refractivity contribution in [2.24, 2.45) is 0 Å². The van der Waals surface area contributed by atoms with E-state index in [1.54, 1.807) is 19.1 Å². The predicted octanol–water partition coefficient (Wildman–Crippen LogP) is 1.32. The van der Waals surface area contributed by atoms with Gasteiger partial charge in [-0.3, -0.25) is 0 Å². The molecule has 0 aromatic carbocycles. The van der Waals surface area contributed by atoms with Gasteiger partial charge in [-0.25, -0.2) is 9.78 Å². The van der Waals surface area contributed by atoms with Gasteiger partial charge in [-0.05, 0) is 19.1 Å². The first-order valence-electron chi connectivity index (χ1n) is 4.37. The lowest BCUT2D eigenvalue weighted by atomic mass is 10.3. The summed E-state index contributed by atoms with van der Waals surface area (Å²) in [6, 6.07) is 3.28. The molecule has 0 aliphatic heterocycles. The van der Waals surface area contributed by atoms with E-state index in [0.29, 0.717) is 16.5 Å². The average Bonchev–Trinajstić information content (AvgIpc) is 2.61. The van der Waals surface area contributed by atoms with Crippen LogP contribution in [0.3, 0.4) is 0 Å². The molecule has 2 heterocycles. The van der Waals surface area contributed by atoms with E-state index in [9.17, 15) is 4.79 Å². The maximum atomic E-state index is 10.8. The molecule has 0 bridgehead atoms. The fourth-order valence-corrected chi connectivity index (χ4v) is 1.35. The molecule has 0 saturated carbocycles. The third-order valence-electron chi connectivity index (χ3n) is 2.03. The molecule has 7 heteroatoms. The summed E-state index contributed by atoms with van der Waals surface area (Å²) in [5.41, 5.74) is 0.332. The highest BCUT2D eigenvalue weighted by molar-refractivity contribution is 6.30. The molecule has 6 nitrogen and oxygen atoms in total. The van der Waals surface area contributed by atoms with Crippen LogP contribution in [0.25, 0.3) is 5.82 Å².